The van der Waals surface area contributed by atoms with Crippen LogP contribution in [0.25, 0.3) is 0 Å². The van der Waals surface area contributed by atoms with Gasteiger partial charge in [0.2, 0.25) is 21.8 Å². The van der Waals surface area contributed by atoms with Gasteiger partial charge < -0.3 is 9.47 Å². The fraction of sp³-hybridized carbons (Fsp3) is 0.423. The third-order valence-corrected chi connectivity index (χ3v) is 8.23. The maximum atomic E-state index is 13.6. The molecule has 0 bridgehead atoms. The molecule has 16 heteroatoms. The number of aromatic nitrogens is 4. The minimum atomic E-state index is -4.62. The number of alkyl halides is 3. The van der Waals surface area contributed by atoms with Crippen LogP contribution >= 0.6 is 0 Å². The highest BCUT2D eigenvalue weighted by atomic mass is 32.2. The lowest BCUT2D eigenvalue weighted by Gasteiger charge is -2.30. The zero-order valence-electron chi connectivity index (χ0n) is 24.1. The van der Waals surface area contributed by atoms with Crippen molar-refractivity contribution in [3.05, 3.63) is 65.5 Å². The van der Waals surface area contributed by atoms with Crippen LogP contribution in [0.4, 0.5) is 18.9 Å². The second-order valence-electron chi connectivity index (χ2n) is 8.93. The molecule has 4 rings (SSSR count). The number of benzene rings is 1. The molecule has 3 heterocycles. The van der Waals surface area contributed by atoms with E-state index >= 15 is 0 Å². The lowest BCUT2D eigenvalue weighted by atomic mass is 10.1. The van der Waals surface area contributed by atoms with E-state index in [2.05, 4.69) is 35.2 Å². The van der Waals surface area contributed by atoms with Crippen LogP contribution in [0.2, 0.25) is 0 Å². The summed E-state index contributed by atoms with van der Waals surface area (Å²) in [4.78, 5) is 17.9. The number of nitrogens with zero attached hydrogens (tertiary/aromatic N) is 6. The number of aryl methyl sites for hydroxylation is 1. The molecule has 0 aliphatic carbocycles. The van der Waals surface area contributed by atoms with Gasteiger partial charge in [0.05, 0.1) is 25.0 Å². The number of rotatable bonds is 9. The van der Waals surface area contributed by atoms with Crippen LogP contribution in [-0.4, -0.2) is 59.9 Å². The van der Waals surface area contributed by atoms with E-state index in [-0.39, 0.29) is 30.3 Å². The molecule has 0 amide bonds. The molecule has 1 unspecified atom stereocenters. The Hall–Kier alpha value is -4.05. The SMILES string of the molecule is CC.COc1ncnc(OC)c1N1C(c2cccc(C(F)(F)F)c2)=NNC1NS(=O)(=O)[C@@H](C)[C@H](C)c1ncc(C)cn1.[HH]. The van der Waals surface area contributed by atoms with E-state index in [0.29, 0.717) is 5.82 Å². The van der Waals surface area contributed by atoms with Gasteiger partial charge in [-0.1, -0.05) is 32.9 Å². The third kappa shape index (κ3) is 6.87. The van der Waals surface area contributed by atoms with E-state index in [1.165, 1.54) is 38.2 Å². The smallest absolute Gasteiger partial charge is 0.416 e. The van der Waals surface area contributed by atoms with E-state index in [1.807, 2.05) is 20.8 Å². The fourth-order valence-electron chi connectivity index (χ4n) is 3.94. The van der Waals surface area contributed by atoms with Crippen molar-refractivity contribution in [2.45, 2.75) is 58.3 Å². The molecule has 1 aromatic carbocycles. The lowest BCUT2D eigenvalue weighted by molar-refractivity contribution is -0.137. The molecular weight excluding hydrogens is 577 g/mol. The molecule has 2 N–H and O–H groups in total. The predicted octanol–water partition coefficient (Wildman–Crippen LogP) is 4.05. The molecule has 3 atom stereocenters. The number of sulfonamides is 1. The molecule has 0 spiro atoms. The Balaban J connectivity index is 0.00000211. The second kappa shape index (κ2) is 13.3. The van der Waals surface area contributed by atoms with Gasteiger partial charge in [-0.25, -0.2) is 18.4 Å². The van der Waals surface area contributed by atoms with Gasteiger partial charge in [-0.3, -0.25) is 10.3 Å². The van der Waals surface area contributed by atoms with Crippen LogP contribution < -0.4 is 24.5 Å². The topological polar surface area (TPSA) is 144 Å². The Kier molecular flexibility index (Phi) is 10.3. The molecule has 3 aromatic rings. The minimum absolute atomic E-state index is 0. The molecule has 1 aliphatic heterocycles. The maximum Gasteiger partial charge on any atom is 0.416 e. The number of anilines is 1. The zero-order chi connectivity index (χ0) is 31.2. The number of hydrogen-bond acceptors (Lipinski definition) is 11. The van der Waals surface area contributed by atoms with E-state index in [4.69, 9.17) is 9.47 Å². The average molecular weight is 613 g/mol. The number of halogens is 3. The summed E-state index contributed by atoms with van der Waals surface area (Å²) in [5.74, 6) is -0.406. The summed E-state index contributed by atoms with van der Waals surface area (Å²) in [7, 11) is -1.49. The number of amidine groups is 1. The summed E-state index contributed by atoms with van der Waals surface area (Å²) in [5, 5.41) is 3.16. The average Bonchev–Trinajstić information content (AvgIpc) is 3.39. The van der Waals surface area contributed by atoms with Crippen molar-refractivity contribution >= 4 is 21.5 Å². The third-order valence-electron chi connectivity index (χ3n) is 6.29. The molecule has 42 heavy (non-hydrogen) atoms. The van der Waals surface area contributed by atoms with Crippen LogP contribution in [0.1, 0.15) is 57.6 Å². The Bertz CT molecular complexity index is 1490. The molecule has 230 valence electrons. The van der Waals surface area contributed by atoms with Gasteiger partial charge in [0.15, 0.2) is 17.8 Å². The van der Waals surface area contributed by atoms with Crippen molar-refractivity contribution in [3.63, 3.8) is 0 Å². The summed E-state index contributed by atoms with van der Waals surface area (Å²) in [6.07, 6.45) is -1.60. The molecule has 0 saturated carbocycles. The first-order valence-corrected chi connectivity index (χ1v) is 14.4. The Morgan fingerprint density at radius 3 is 2.19 bits per heavy atom. The molecule has 0 radical (unpaired) electrons. The molecule has 0 saturated heterocycles. The Labute approximate surface area is 243 Å². The van der Waals surface area contributed by atoms with Crippen molar-refractivity contribution in [2.24, 2.45) is 5.10 Å². The number of nitrogens with one attached hydrogen (secondary N) is 2. The van der Waals surface area contributed by atoms with Crippen LogP contribution in [0.15, 0.2) is 48.1 Å². The highest BCUT2D eigenvalue weighted by Gasteiger charge is 2.41. The highest BCUT2D eigenvalue weighted by Crippen LogP contribution is 2.38. The Morgan fingerprint density at radius 2 is 1.64 bits per heavy atom. The maximum absolute atomic E-state index is 13.6. The lowest BCUT2D eigenvalue weighted by Crippen LogP contribution is -2.55. The number of hydrogen-bond donors (Lipinski definition) is 2. The van der Waals surface area contributed by atoms with Crippen LogP contribution in [0.3, 0.4) is 0 Å². The largest absolute Gasteiger partial charge is 0.479 e. The molecular formula is C26H35F3N8O4S. The van der Waals surface area contributed by atoms with Gasteiger partial charge in [0.25, 0.3) is 0 Å². The van der Waals surface area contributed by atoms with Gasteiger partial charge >= 0.3 is 6.18 Å². The van der Waals surface area contributed by atoms with Crippen molar-refractivity contribution in [1.82, 2.24) is 30.1 Å². The van der Waals surface area contributed by atoms with Crippen LogP contribution in [0.5, 0.6) is 11.8 Å². The van der Waals surface area contributed by atoms with E-state index in [0.717, 1.165) is 24.0 Å². The Morgan fingerprint density at radius 1 is 1.05 bits per heavy atom. The van der Waals surface area contributed by atoms with Crippen LogP contribution in [0, 0.1) is 6.92 Å². The monoisotopic (exact) mass is 612 g/mol. The van der Waals surface area contributed by atoms with E-state index < -0.39 is 39.2 Å². The van der Waals surface area contributed by atoms with Crippen molar-refractivity contribution in [2.75, 3.05) is 19.1 Å². The summed E-state index contributed by atoms with van der Waals surface area (Å²) in [6, 6.07) is 4.44. The van der Waals surface area contributed by atoms with Gasteiger partial charge in [-0.15, -0.1) is 0 Å². The number of hydrazone groups is 1. The summed E-state index contributed by atoms with van der Waals surface area (Å²) < 4.78 is 80.9. The number of ether oxygens (including phenoxy) is 2. The van der Waals surface area contributed by atoms with Crippen molar-refractivity contribution < 1.29 is 32.5 Å². The van der Waals surface area contributed by atoms with Crippen LogP contribution in [-0.2, 0) is 16.2 Å². The first-order valence-electron chi connectivity index (χ1n) is 12.9. The van der Waals surface area contributed by atoms with Crippen molar-refractivity contribution in [3.8, 4) is 11.8 Å². The molecule has 0 fully saturated rings. The van der Waals surface area contributed by atoms with Gasteiger partial charge in [0.1, 0.15) is 12.2 Å². The first kappa shape index (κ1) is 32.5. The second-order valence-corrected chi connectivity index (χ2v) is 11.0. The standard InChI is InChI=1S/C24H27F3N8O4S.C2H6.H2/c1-13-10-28-19(29-11-13)14(2)15(3)40(36,37)34-23-33-32-20(16-7-6-8-17(9-16)24(25,26)27)35(23)18-21(38-4)30-12-31-22(18)39-5;1-2;/h6-12,14-15,23,33-34H,1-5H3;1-2H3;1H/t14-,15-,23?;;/m0../s1. The van der Waals surface area contributed by atoms with E-state index in [1.54, 1.807) is 19.3 Å². The van der Waals surface area contributed by atoms with Gasteiger partial charge in [0, 0.05) is 25.3 Å². The fourth-order valence-corrected chi connectivity index (χ4v) is 5.28. The molecule has 2 aromatic heterocycles. The van der Waals surface area contributed by atoms with Gasteiger partial charge in [-0.2, -0.15) is 33.0 Å². The van der Waals surface area contributed by atoms with Crippen molar-refractivity contribution in [1.29, 1.82) is 0 Å². The highest BCUT2D eigenvalue weighted by molar-refractivity contribution is 7.90. The molecule has 12 nitrogen and oxygen atoms in total. The number of methoxy groups -OCH3 is 2. The van der Waals surface area contributed by atoms with Gasteiger partial charge in [-0.05, 0) is 31.5 Å². The summed E-state index contributed by atoms with van der Waals surface area (Å²) in [5.41, 5.74) is 2.63. The molecule has 1 aliphatic rings. The summed E-state index contributed by atoms with van der Waals surface area (Å²) >= 11 is 0. The predicted molar refractivity (Wildman–Crippen MR) is 153 cm³/mol. The zero-order valence-corrected chi connectivity index (χ0v) is 24.9. The summed E-state index contributed by atoms with van der Waals surface area (Å²) in [6.45, 7) is 8.99. The quantitative estimate of drug-likeness (QED) is 0.363. The normalized spacial score (nSPS) is 16.5. The first-order chi connectivity index (χ1) is 19.9. The minimum Gasteiger partial charge on any atom is -0.479 e. The van der Waals surface area contributed by atoms with E-state index in [9.17, 15) is 21.6 Å².